The molecule has 3 N–H and O–H groups in total. The van der Waals surface area contributed by atoms with Crippen molar-refractivity contribution >= 4 is 44.2 Å². The molecular formula is C12H14ClN3OS. The molecule has 6 heteroatoms. The summed E-state index contributed by atoms with van der Waals surface area (Å²) in [5.41, 5.74) is 6.52. The van der Waals surface area contributed by atoms with Gasteiger partial charge in [0.15, 0.2) is 5.13 Å². The Morgan fingerprint density at radius 3 is 2.89 bits per heavy atom. The molecule has 0 aliphatic rings. The summed E-state index contributed by atoms with van der Waals surface area (Å²) in [7, 11) is 0. The lowest BCUT2D eigenvalue weighted by atomic mass is 10.0. The number of benzene rings is 1. The number of rotatable bonds is 3. The number of amides is 1. The van der Waals surface area contributed by atoms with E-state index in [0.29, 0.717) is 10.2 Å². The zero-order valence-electron chi connectivity index (χ0n) is 10.1. The van der Waals surface area contributed by atoms with Gasteiger partial charge in [0.25, 0.3) is 0 Å². The number of nitrogens with zero attached hydrogens (tertiary/aromatic N) is 1. The molecule has 0 saturated heterocycles. The monoisotopic (exact) mass is 283 g/mol. The Hall–Kier alpha value is -1.17. The smallest absolute Gasteiger partial charge is 0.230 e. The molecule has 0 saturated carbocycles. The minimum absolute atomic E-state index is 0.116. The Bertz CT molecular complexity index is 582. The van der Waals surface area contributed by atoms with Crippen LogP contribution in [-0.2, 0) is 4.79 Å². The van der Waals surface area contributed by atoms with Gasteiger partial charge in [-0.1, -0.05) is 29.9 Å². The van der Waals surface area contributed by atoms with Crippen molar-refractivity contribution < 1.29 is 4.79 Å². The highest BCUT2D eigenvalue weighted by molar-refractivity contribution is 7.22. The molecule has 1 aromatic heterocycles. The second-order valence-corrected chi connectivity index (χ2v) is 5.74. The second-order valence-electron chi connectivity index (χ2n) is 4.27. The van der Waals surface area contributed by atoms with Crippen LogP contribution in [0.2, 0.25) is 5.02 Å². The number of anilines is 1. The van der Waals surface area contributed by atoms with Crippen LogP contribution >= 0.6 is 22.9 Å². The Balaban J connectivity index is 2.20. The third-order valence-corrected chi connectivity index (χ3v) is 3.95. The number of halogens is 1. The maximum Gasteiger partial charge on any atom is 0.230 e. The fourth-order valence-corrected chi connectivity index (χ4v) is 2.55. The second kappa shape index (κ2) is 5.22. The highest BCUT2D eigenvalue weighted by Crippen LogP contribution is 2.28. The first-order valence-corrected chi connectivity index (χ1v) is 6.79. The molecule has 1 aromatic carbocycles. The van der Waals surface area contributed by atoms with E-state index < -0.39 is 0 Å². The number of aromatic nitrogens is 1. The predicted molar refractivity (Wildman–Crippen MR) is 76.1 cm³/mol. The highest BCUT2D eigenvalue weighted by atomic mass is 35.5. The Labute approximate surface area is 114 Å². The van der Waals surface area contributed by atoms with E-state index in [4.69, 9.17) is 17.3 Å². The quantitative estimate of drug-likeness (QED) is 0.910. The summed E-state index contributed by atoms with van der Waals surface area (Å²) < 4.78 is 0.950. The van der Waals surface area contributed by atoms with Gasteiger partial charge in [-0.2, -0.15) is 0 Å². The number of carbonyl (C=O) groups is 1. The zero-order valence-corrected chi connectivity index (χ0v) is 11.7. The molecular weight excluding hydrogens is 270 g/mol. The van der Waals surface area contributed by atoms with Gasteiger partial charge >= 0.3 is 0 Å². The molecule has 0 aliphatic heterocycles. The fourth-order valence-electron chi connectivity index (χ4n) is 1.41. The summed E-state index contributed by atoms with van der Waals surface area (Å²) in [5.74, 6) is -0.365. The molecule has 2 unspecified atom stereocenters. The van der Waals surface area contributed by atoms with Gasteiger partial charge in [0, 0.05) is 11.1 Å². The molecule has 2 aromatic rings. The molecule has 2 rings (SSSR count). The number of hydrogen-bond donors (Lipinski definition) is 2. The third kappa shape index (κ3) is 2.80. The minimum atomic E-state index is -0.249. The first kappa shape index (κ1) is 13.3. The number of nitrogens with one attached hydrogen (secondary N) is 1. The molecule has 0 radical (unpaired) electrons. The molecule has 4 nitrogen and oxygen atoms in total. The lowest BCUT2D eigenvalue weighted by Gasteiger charge is -2.13. The van der Waals surface area contributed by atoms with E-state index in [1.165, 1.54) is 11.3 Å². The van der Waals surface area contributed by atoms with Crippen LogP contribution in [0.15, 0.2) is 18.2 Å². The van der Waals surface area contributed by atoms with Crippen LogP contribution in [0.25, 0.3) is 10.2 Å². The Morgan fingerprint density at radius 2 is 2.22 bits per heavy atom. The van der Waals surface area contributed by atoms with E-state index >= 15 is 0 Å². The molecule has 0 bridgehead atoms. The van der Waals surface area contributed by atoms with E-state index in [0.717, 1.165) is 10.2 Å². The van der Waals surface area contributed by atoms with E-state index in [2.05, 4.69) is 10.3 Å². The van der Waals surface area contributed by atoms with Crippen molar-refractivity contribution in [1.82, 2.24) is 4.98 Å². The normalized spacial score (nSPS) is 14.4. The summed E-state index contributed by atoms with van der Waals surface area (Å²) >= 11 is 7.30. The van der Waals surface area contributed by atoms with Crippen LogP contribution in [0.1, 0.15) is 13.8 Å². The van der Waals surface area contributed by atoms with Crippen molar-refractivity contribution in [2.24, 2.45) is 11.7 Å². The van der Waals surface area contributed by atoms with Gasteiger partial charge in [-0.05, 0) is 25.1 Å². The van der Waals surface area contributed by atoms with E-state index in [9.17, 15) is 4.79 Å². The molecule has 18 heavy (non-hydrogen) atoms. The highest BCUT2D eigenvalue weighted by Gasteiger charge is 2.18. The lowest BCUT2D eigenvalue weighted by molar-refractivity contribution is -0.119. The molecule has 1 amide bonds. The van der Waals surface area contributed by atoms with E-state index in [-0.39, 0.29) is 17.9 Å². The van der Waals surface area contributed by atoms with Gasteiger partial charge in [0.05, 0.1) is 16.1 Å². The molecule has 0 spiro atoms. The summed E-state index contributed by atoms with van der Waals surface area (Å²) in [6.07, 6.45) is 0. The number of hydrogen-bond acceptors (Lipinski definition) is 4. The average Bonchev–Trinajstić information content (AvgIpc) is 2.68. The number of nitrogens with two attached hydrogens (primary N) is 1. The SMILES string of the molecule is CC(N)C(C)C(=O)Nc1nc2ccc(Cl)cc2s1. The number of thiazole rings is 1. The van der Waals surface area contributed by atoms with Gasteiger partial charge < -0.3 is 11.1 Å². The van der Waals surface area contributed by atoms with Crippen molar-refractivity contribution in [3.8, 4) is 0 Å². The minimum Gasteiger partial charge on any atom is -0.327 e. The summed E-state index contributed by atoms with van der Waals surface area (Å²) in [4.78, 5) is 16.2. The molecule has 1 heterocycles. The third-order valence-electron chi connectivity index (χ3n) is 2.78. The first-order valence-electron chi connectivity index (χ1n) is 5.60. The maximum atomic E-state index is 11.8. The Morgan fingerprint density at radius 1 is 1.50 bits per heavy atom. The standard InChI is InChI=1S/C12H14ClN3OS/c1-6(7(2)14)11(17)16-12-15-9-4-3-8(13)5-10(9)18-12/h3-7H,14H2,1-2H3,(H,15,16,17). The summed E-state index contributed by atoms with van der Waals surface area (Å²) in [6, 6.07) is 5.26. The molecule has 0 aliphatic carbocycles. The number of carbonyl (C=O) groups excluding carboxylic acids is 1. The van der Waals surface area contributed by atoms with Gasteiger partial charge in [0.2, 0.25) is 5.91 Å². The van der Waals surface area contributed by atoms with Crippen molar-refractivity contribution in [3.05, 3.63) is 23.2 Å². The van der Waals surface area contributed by atoms with Crippen LogP contribution in [0.3, 0.4) is 0 Å². The largest absolute Gasteiger partial charge is 0.327 e. The van der Waals surface area contributed by atoms with Crippen molar-refractivity contribution in [1.29, 1.82) is 0 Å². The average molecular weight is 284 g/mol. The van der Waals surface area contributed by atoms with Gasteiger partial charge in [-0.15, -0.1) is 0 Å². The summed E-state index contributed by atoms with van der Waals surface area (Å²) in [5, 5.41) is 4.01. The molecule has 96 valence electrons. The Kier molecular flexibility index (Phi) is 3.85. The van der Waals surface area contributed by atoms with E-state index in [1.807, 2.05) is 19.1 Å². The van der Waals surface area contributed by atoms with Crippen LogP contribution in [-0.4, -0.2) is 16.9 Å². The summed E-state index contributed by atoms with van der Waals surface area (Å²) in [6.45, 7) is 3.60. The maximum absolute atomic E-state index is 11.8. The van der Waals surface area contributed by atoms with Gasteiger partial charge in [-0.25, -0.2) is 4.98 Å². The van der Waals surface area contributed by atoms with Gasteiger partial charge in [0.1, 0.15) is 0 Å². The van der Waals surface area contributed by atoms with Crippen molar-refractivity contribution in [2.45, 2.75) is 19.9 Å². The van der Waals surface area contributed by atoms with Crippen LogP contribution in [0.5, 0.6) is 0 Å². The van der Waals surface area contributed by atoms with Crippen LogP contribution < -0.4 is 11.1 Å². The molecule has 2 atom stereocenters. The van der Waals surface area contributed by atoms with Crippen LogP contribution in [0.4, 0.5) is 5.13 Å². The van der Waals surface area contributed by atoms with Gasteiger partial charge in [-0.3, -0.25) is 4.79 Å². The number of fused-ring (bicyclic) bond motifs is 1. The van der Waals surface area contributed by atoms with Crippen molar-refractivity contribution in [3.63, 3.8) is 0 Å². The fraction of sp³-hybridized carbons (Fsp3) is 0.333. The predicted octanol–water partition coefficient (Wildman–Crippen LogP) is 2.87. The van der Waals surface area contributed by atoms with Crippen LogP contribution in [0, 0.1) is 5.92 Å². The lowest BCUT2D eigenvalue weighted by Crippen LogP contribution is -2.34. The first-order chi connectivity index (χ1) is 8.47. The van der Waals surface area contributed by atoms with Crippen molar-refractivity contribution in [2.75, 3.05) is 5.32 Å². The topological polar surface area (TPSA) is 68.0 Å². The zero-order chi connectivity index (χ0) is 13.3. The van der Waals surface area contributed by atoms with E-state index in [1.54, 1.807) is 13.0 Å². The molecule has 0 fully saturated rings.